The first-order valence-corrected chi connectivity index (χ1v) is 4.81. The molecular weight excluding hydrogens is 218 g/mol. The first-order valence-electron chi connectivity index (χ1n) is 4.44. The van der Waals surface area contributed by atoms with E-state index >= 15 is 0 Å². The fourth-order valence-electron chi connectivity index (χ4n) is 1.18. The molecule has 1 heterocycles. The lowest BCUT2D eigenvalue weighted by Gasteiger charge is -1.94. The van der Waals surface area contributed by atoms with Crippen LogP contribution in [0.25, 0.3) is 11.1 Å². The maximum Gasteiger partial charge on any atom is 0.394 e. The van der Waals surface area contributed by atoms with Gasteiger partial charge in [-0.25, -0.2) is 9.78 Å². The minimum atomic E-state index is -0.565. The van der Waals surface area contributed by atoms with Gasteiger partial charge >= 0.3 is 11.9 Å². The van der Waals surface area contributed by atoms with E-state index in [9.17, 15) is 4.79 Å². The summed E-state index contributed by atoms with van der Waals surface area (Å²) < 4.78 is 9.95. The summed E-state index contributed by atoms with van der Waals surface area (Å²) in [6, 6.07) is 4.96. The van der Waals surface area contributed by atoms with Crippen molar-refractivity contribution in [2.24, 2.45) is 0 Å². The minimum Gasteiger partial charge on any atom is -0.459 e. The Balaban J connectivity index is 2.42. The third-order valence-electron chi connectivity index (χ3n) is 1.80. The van der Waals surface area contributed by atoms with E-state index in [1.807, 2.05) is 0 Å². The van der Waals surface area contributed by atoms with Gasteiger partial charge in [0.25, 0.3) is 0 Å². The predicted molar refractivity (Wildman–Crippen MR) is 55.0 cm³/mol. The quantitative estimate of drug-likeness (QED) is 0.738. The zero-order valence-corrected chi connectivity index (χ0v) is 8.75. The number of oxazole rings is 1. The van der Waals surface area contributed by atoms with Crippen LogP contribution >= 0.6 is 11.6 Å². The van der Waals surface area contributed by atoms with E-state index in [1.54, 1.807) is 25.1 Å². The van der Waals surface area contributed by atoms with Crippen molar-refractivity contribution in [3.8, 4) is 0 Å². The molecule has 0 bridgehead atoms. The lowest BCUT2D eigenvalue weighted by atomic mass is 10.3. The molecule has 0 amide bonds. The van der Waals surface area contributed by atoms with E-state index in [-0.39, 0.29) is 12.5 Å². The second kappa shape index (κ2) is 3.90. The zero-order valence-electron chi connectivity index (χ0n) is 7.99. The van der Waals surface area contributed by atoms with Crippen LogP contribution in [0.1, 0.15) is 17.6 Å². The molecule has 0 aliphatic carbocycles. The number of benzene rings is 1. The van der Waals surface area contributed by atoms with Crippen molar-refractivity contribution in [3.63, 3.8) is 0 Å². The van der Waals surface area contributed by atoms with Crippen molar-refractivity contribution in [1.29, 1.82) is 0 Å². The van der Waals surface area contributed by atoms with E-state index in [0.29, 0.717) is 16.1 Å². The van der Waals surface area contributed by atoms with Crippen molar-refractivity contribution in [1.82, 2.24) is 4.98 Å². The van der Waals surface area contributed by atoms with Gasteiger partial charge in [-0.3, -0.25) is 0 Å². The van der Waals surface area contributed by atoms with E-state index < -0.39 is 5.97 Å². The largest absolute Gasteiger partial charge is 0.459 e. The predicted octanol–water partition coefficient (Wildman–Crippen LogP) is 2.66. The molecule has 15 heavy (non-hydrogen) atoms. The Morgan fingerprint density at radius 3 is 3.13 bits per heavy atom. The van der Waals surface area contributed by atoms with Gasteiger partial charge < -0.3 is 9.15 Å². The Kier molecular flexibility index (Phi) is 2.60. The number of aromatic nitrogens is 1. The highest BCUT2D eigenvalue weighted by molar-refractivity contribution is 6.31. The van der Waals surface area contributed by atoms with Gasteiger partial charge in [-0.05, 0) is 25.1 Å². The summed E-state index contributed by atoms with van der Waals surface area (Å²) in [6.45, 7) is 2.01. The fraction of sp³-hybridized carbons (Fsp3) is 0.200. The Hall–Kier alpha value is -1.55. The molecule has 0 saturated carbocycles. The summed E-state index contributed by atoms with van der Waals surface area (Å²) in [6.07, 6.45) is 0. The molecule has 2 aromatic rings. The number of rotatable bonds is 2. The lowest BCUT2D eigenvalue weighted by Crippen LogP contribution is -2.04. The summed E-state index contributed by atoms with van der Waals surface area (Å²) in [4.78, 5) is 15.3. The van der Waals surface area contributed by atoms with Crippen LogP contribution in [0.3, 0.4) is 0 Å². The number of carbonyl (C=O) groups is 1. The molecule has 0 fully saturated rings. The van der Waals surface area contributed by atoms with E-state index in [4.69, 9.17) is 20.8 Å². The molecule has 0 aliphatic rings. The molecule has 0 atom stereocenters. The van der Waals surface area contributed by atoms with E-state index in [2.05, 4.69) is 4.98 Å². The second-order valence-corrected chi connectivity index (χ2v) is 3.29. The van der Waals surface area contributed by atoms with Crippen LogP contribution in [-0.4, -0.2) is 17.6 Å². The number of hydrogen-bond donors (Lipinski definition) is 0. The smallest absolute Gasteiger partial charge is 0.394 e. The molecule has 0 N–H and O–H groups in total. The van der Waals surface area contributed by atoms with Gasteiger partial charge in [0, 0.05) is 5.02 Å². The van der Waals surface area contributed by atoms with Crippen LogP contribution in [0, 0.1) is 0 Å². The van der Waals surface area contributed by atoms with Crippen LogP contribution in [0.15, 0.2) is 22.6 Å². The van der Waals surface area contributed by atoms with Gasteiger partial charge in [-0.15, -0.1) is 0 Å². The van der Waals surface area contributed by atoms with Crippen LogP contribution in [0.4, 0.5) is 0 Å². The van der Waals surface area contributed by atoms with Gasteiger partial charge in [0.05, 0.1) is 6.61 Å². The third kappa shape index (κ3) is 1.94. The summed E-state index contributed by atoms with van der Waals surface area (Å²) in [7, 11) is 0. The van der Waals surface area contributed by atoms with Crippen molar-refractivity contribution < 1.29 is 13.9 Å². The SMILES string of the molecule is CCOC(=O)c1nc2cc(Cl)ccc2o1. The molecule has 2 rings (SSSR count). The van der Waals surface area contributed by atoms with Gasteiger partial charge in [0.15, 0.2) is 5.58 Å². The molecular formula is C10H8ClNO3. The number of fused-ring (bicyclic) bond motifs is 1. The van der Waals surface area contributed by atoms with Crippen molar-refractivity contribution >= 4 is 28.7 Å². The first kappa shape index (κ1) is 9.98. The van der Waals surface area contributed by atoms with E-state index in [1.165, 1.54) is 0 Å². The van der Waals surface area contributed by atoms with Crippen LogP contribution in [0.5, 0.6) is 0 Å². The average Bonchev–Trinajstić information content (AvgIpc) is 2.60. The van der Waals surface area contributed by atoms with Crippen LogP contribution in [-0.2, 0) is 4.74 Å². The molecule has 5 heteroatoms. The summed E-state index contributed by atoms with van der Waals surface area (Å²) in [5.41, 5.74) is 1.06. The molecule has 0 aliphatic heterocycles. The van der Waals surface area contributed by atoms with Crippen LogP contribution in [0.2, 0.25) is 5.02 Å². The van der Waals surface area contributed by atoms with E-state index in [0.717, 1.165) is 0 Å². The van der Waals surface area contributed by atoms with Crippen molar-refractivity contribution in [3.05, 3.63) is 29.1 Å². The number of hydrogen-bond acceptors (Lipinski definition) is 4. The summed E-state index contributed by atoms with van der Waals surface area (Å²) >= 11 is 5.77. The number of halogens is 1. The molecule has 78 valence electrons. The minimum absolute atomic E-state index is 0.0471. The standard InChI is InChI=1S/C10H8ClNO3/c1-2-14-10(13)9-12-7-5-6(11)3-4-8(7)15-9/h3-5H,2H2,1H3. The molecule has 1 aromatic heterocycles. The average molecular weight is 226 g/mol. The maximum atomic E-state index is 11.3. The van der Waals surface area contributed by atoms with Gasteiger partial charge in [0.2, 0.25) is 0 Å². The summed E-state index contributed by atoms with van der Waals surface area (Å²) in [5.74, 6) is -0.612. The number of carbonyl (C=O) groups excluding carboxylic acids is 1. The Labute approximate surface area is 90.8 Å². The molecule has 0 saturated heterocycles. The molecule has 1 aromatic carbocycles. The van der Waals surface area contributed by atoms with Crippen LogP contribution < -0.4 is 0 Å². The van der Waals surface area contributed by atoms with Gasteiger partial charge in [0.1, 0.15) is 5.52 Å². The van der Waals surface area contributed by atoms with Crippen molar-refractivity contribution in [2.75, 3.05) is 6.61 Å². The molecule has 0 spiro atoms. The molecule has 4 nitrogen and oxygen atoms in total. The second-order valence-electron chi connectivity index (χ2n) is 2.85. The highest BCUT2D eigenvalue weighted by atomic mass is 35.5. The highest BCUT2D eigenvalue weighted by Crippen LogP contribution is 2.20. The highest BCUT2D eigenvalue weighted by Gasteiger charge is 2.15. The van der Waals surface area contributed by atoms with Crippen molar-refractivity contribution in [2.45, 2.75) is 6.92 Å². The normalized spacial score (nSPS) is 10.5. The summed E-state index contributed by atoms with van der Waals surface area (Å²) in [5, 5.41) is 0.547. The topological polar surface area (TPSA) is 52.3 Å². The first-order chi connectivity index (χ1) is 7.20. The molecule has 0 radical (unpaired) electrons. The van der Waals surface area contributed by atoms with Gasteiger partial charge in [-0.2, -0.15) is 0 Å². The fourth-order valence-corrected chi connectivity index (χ4v) is 1.35. The third-order valence-corrected chi connectivity index (χ3v) is 2.03. The molecule has 0 unspecified atom stereocenters. The number of ether oxygens (including phenoxy) is 1. The Bertz CT molecular complexity index is 506. The Morgan fingerprint density at radius 1 is 1.60 bits per heavy atom. The maximum absolute atomic E-state index is 11.3. The zero-order chi connectivity index (χ0) is 10.8. The Morgan fingerprint density at radius 2 is 2.40 bits per heavy atom. The monoisotopic (exact) mass is 225 g/mol. The van der Waals surface area contributed by atoms with Gasteiger partial charge in [-0.1, -0.05) is 11.6 Å². The lowest BCUT2D eigenvalue weighted by molar-refractivity contribution is 0.0483. The number of nitrogens with zero attached hydrogens (tertiary/aromatic N) is 1. The number of esters is 1.